The summed E-state index contributed by atoms with van der Waals surface area (Å²) in [6.07, 6.45) is 5.51. The molecule has 1 aromatic heterocycles. The van der Waals surface area contributed by atoms with Crippen LogP contribution in [0.15, 0.2) is 54.7 Å². The van der Waals surface area contributed by atoms with E-state index in [2.05, 4.69) is 43.3 Å². The Morgan fingerprint density at radius 1 is 0.833 bits per heavy atom. The van der Waals surface area contributed by atoms with Gasteiger partial charge in [-0.15, -0.1) is 0 Å². The second-order valence-corrected chi connectivity index (χ2v) is 6.43. The molecule has 4 rings (SSSR count). The van der Waals surface area contributed by atoms with Crippen LogP contribution in [0.1, 0.15) is 23.1 Å². The first-order valence-electron chi connectivity index (χ1n) is 8.48. The third-order valence-electron chi connectivity index (χ3n) is 4.88. The van der Waals surface area contributed by atoms with Crippen LogP contribution in [0.3, 0.4) is 0 Å². The number of aromatic nitrogens is 1. The first-order valence-corrected chi connectivity index (χ1v) is 8.48. The number of hydrogen-bond acceptors (Lipinski definition) is 2. The Balaban J connectivity index is 1.81. The Morgan fingerprint density at radius 3 is 2.21 bits per heavy atom. The number of methoxy groups -OCH3 is 1. The molecule has 0 atom stereocenters. The molecule has 0 radical (unpaired) electrons. The smallest absolute Gasteiger partial charge is 0.118 e. The first kappa shape index (κ1) is 14.9. The Morgan fingerprint density at radius 2 is 1.50 bits per heavy atom. The lowest BCUT2D eigenvalue weighted by atomic mass is 9.95. The molecule has 2 nitrogen and oxygen atoms in total. The summed E-state index contributed by atoms with van der Waals surface area (Å²) in [5.74, 6) is 0.889. The van der Waals surface area contributed by atoms with Crippen LogP contribution in [-0.2, 0) is 12.8 Å². The molecule has 0 spiro atoms. The molecular weight excluding hydrogens is 294 g/mol. The molecule has 1 heterocycles. The average molecular weight is 315 g/mol. The van der Waals surface area contributed by atoms with Crippen LogP contribution >= 0.6 is 0 Å². The van der Waals surface area contributed by atoms with Crippen molar-refractivity contribution in [1.29, 1.82) is 0 Å². The number of nitrogens with zero attached hydrogens (tertiary/aromatic N) is 1. The fraction of sp³-hybridized carbons (Fsp3) is 0.227. The highest BCUT2D eigenvalue weighted by atomic mass is 16.5. The van der Waals surface area contributed by atoms with E-state index >= 15 is 0 Å². The molecule has 0 saturated carbocycles. The van der Waals surface area contributed by atoms with Gasteiger partial charge in [0, 0.05) is 17.3 Å². The Hall–Kier alpha value is -2.61. The molecule has 0 N–H and O–H groups in total. The van der Waals surface area contributed by atoms with Gasteiger partial charge in [-0.2, -0.15) is 0 Å². The summed E-state index contributed by atoms with van der Waals surface area (Å²) in [4.78, 5) is 4.84. The van der Waals surface area contributed by atoms with Crippen LogP contribution in [0.2, 0.25) is 0 Å². The lowest BCUT2D eigenvalue weighted by Crippen LogP contribution is -1.96. The van der Waals surface area contributed by atoms with Crippen LogP contribution < -0.4 is 4.74 Å². The summed E-state index contributed by atoms with van der Waals surface area (Å²) >= 11 is 0. The quantitative estimate of drug-likeness (QED) is 0.661. The van der Waals surface area contributed by atoms with Gasteiger partial charge in [-0.3, -0.25) is 4.98 Å². The molecule has 1 aliphatic carbocycles. The van der Waals surface area contributed by atoms with E-state index in [1.807, 2.05) is 18.3 Å². The van der Waals surface area contributed by atoms with E-state index in [0.29, 0.717) is 0 Å². The van der Waals surface area contributed by atoms with E-state index in [4.69, 9.17) is 9.72 Å². The van der Waals surface area contributed by atoms with Gasteiger partial charge in [0.1, 0.15) is 5.75 Å². The molecule has 2 aromatic carbocycles. The van der Waals surface area contributed by atoms with Crippen LogP contribution in [0, 0.1) is 6.92 Å². The Bertz CT molecular complexity index is 864. The molecule has 120 valence electrons. The summed E-state index contributed by atoms with van der Waals surface area (Å²) < 4.78 is 5.27. The number of hydrogen-bond donors (Lipinski definition) is 0. The van der Waals surface area contributed by atoms with Crippen molar-refractivity contribution in [3.8, 4) is 28.1 Å². The third kappa shape index (κ3) is 2.58. The summed E-state index contributed by atoms with van der Waals surface area (Å²) in [7, 11) is 1.70. The summed E-state index contributed by atoms with van der Waals surface area (Å²) in [6, 6.07) is 17.0. The minimum absolute atomic E-state index is 0.889. The lowest BCUT2D eigenvalue weighted by Gasteiger charge is -2.13. The van der Waals surface area contributed by atoms with Crippen LogP contribution in [0.4, 0.5) is 0 Å². The van der Waals surface area contributed by atoms with Crippen LogP contribution in [0.25, 0.3) is 22.4 Å². The third-order valence-corrected chi connectivity index (χ3v) is 4.88. The van der Waals surface area contributed by atoms with Crippen LogP contribution in [-0.4, -0.2) is 12.1 Å². The fourth-order valence-electron chi connectivity index (χ4n) is 3.57. The van der Waals surface area contributed by atoms with Crippen molar-refractivity contribution in [2.24, 2.45) is 0 Å². The number of rotatable bonds is 3. The molecule has 0 bridgehead atoms. The number of benzene rings is 2. The van der Waals surface area contributed by atoms with E-state index in [1.165, 1.54) is 39.8 Å². The molecular formula is C22H21NO. The van der Waals surface area contributed by atoms with E-state index in [0.717, 1.165) is 24.3 Å². The van der Waals surface area contributed by atoms with Gasteiger partial charge in [0.2, 0.25) is 0 Å². The predicted molar refractivity (Wildman–Crippen MR) is 98.4 cm³/mol. The van der Waals surface area contributed by atoms with Crippen molar-refractivity contribution >= 4 is 0 Å². The van der Waals surface area contributed by atoms with Gasteiger partial charge < -0.3 is 4.74 Å². The summed E-state index contributed by atoms with van der Waals surface area (Å²) in [5.41, 5.74) is 9.03. The van der Waals surface area contributed by atoms with Gasteiger partial charge >= 0.3 is 0 Å². The number of fused-ring (bicyclic) bond motifs is 1. The van der Waals surface area contributed by atoms with E-state index in [9.17, 15) is 0 Å². The minimum Gasteiger partial charge on any atom is -0.497 e. The zero-order chi connectivity index (χ0) is 16.5. The zero-order valence-electron chi connectivity index (χ0n) is 14.2. The molecule has 24 heavy (non-hydrogen) atoms. The molecule has 0 aliphatic heterocycles. The highest BCUT2D eigenvalue weighted by molar-refractivity contribution is 5.75. The molecule has 1 aliphatic rings. The minimum atomic E-state index is 0.889. The zero-order valence-corrected chi connectivity index (χ0v) is 14.2. The van der Waals surface area contributed by atoms with Crippen molar-refractivity contribution in [3.63, 3.8) is 0 Å². The maximum atomic E-state index is 5.27. The fourth-order valence-corrected chi connectivity index (χ4v) is 3.57. The topological polar surface area (TPSA) is 22.1 Å². The lowest BCUT2D eigenvalue weighted by molar-refractivity contribution is 0.415. The van der Waals surface area contributed by atoms with Crippen molar-refractivity contribution in [2.45, 2.75) is 26.2 Å². The largest absolute Gasteiger partial charge is 0.497 e. The first-order chi connectivity index (χ1) is 11.8. The monoisotopic (exact) mass is 315 g/mol. The highest BCUT2D eigenvalue weighted by Gasteiger charge is 2.21. The van der Waals surface area contributed by atoms with Gasteiger partial charge in [0.15, 0.2) is 0 Å². The van der Waals surface area contributed by atoms with Gasteiger partial charge in [-0.25, -0.2) is 0 Å². The van der Waals surface area contributed by atoms with Gasteiger partial charge in [-0.05, 0) is 55.0 Å². The SMILES string of the molecule is COc1ccc(-c2cnc(-c3ccc(C)cc3)c3c2CCC3)cc1. The maximum absolute atomic E-state index is 5.27. The molecule has 0 saturated heterocycles. The number of ether oxygens (including phenoxy) is 1. The van der Waals surface area contributed by atoms with E-state index in [1.54, 1.807) is 7.11 Å². The summed E-state index contributed by atoms with van der Waals surface area (Å²) in [5, 5.41) is 0. The number of pyridine rings is 1. The average Bonchev–Trinajstić information content (AvgIpc) is 3.12. The summed E-state index contributed by atoms with van der Waals surface area (Å²) in [6.45, 7) is 2.12. The van der Waals surface area contributed by atoms with Crippen LogP contribution in [0.5, 0.6) is 5.75 Å². The Labute approximate surface area is 143 Å². The second-order valence-electron chi connectivity index (χ2n) is 6.43. The molecule has 0 unspecified atom stereocenters. The number of aryl methyl sites for hydroxylation is 1. The van der Waals surface area contributed by atoms with Gasteiger partial charge in [-0.1, -0.05) is 42.0 Å². The molecule has 2 heteroatoms. The van der Waals surface area contributed by atoms with Gasteiger partial charge in [0.05, 0.1) is 12.8 Å². The van der Waals surface area contributed by atoms with Crippen molar-refractivity contribution in [1.82, 2.24) is 4.98 Å². The second kappa shape index (κ2) is 6.12. The molecule has 3 aromatic rings. The standard InChI is InChI=1S/C22H21NO/c1-15-6-8-17(9-7-15)22-20-5-3-4-19(20)21(14-23-22)16-10-12-18(24-2)13-11-16/h6-14H,3-5H2,1-2H3. The van der Waals surface area contributed by atoms with E-state index in [-0.39, 0.29) is 0 Å². The normalized spacial score (nSPS) is 12.9. The maximum Gasteiger partial charge on any atom is 0.118 e. The predicted octanol–water partition coefficient (Wildman–Crippen LogP) is 5.22. The van der Waals surface area contributed by atoms with Crippen molar-refractivity contribution < 1.29 is 4.74 Å². The van der Waals surface area contributed by atoms with Crippen molar-refractivity contribution in [3.05, 3.63) is 71.4 Å². The van der Waals surface area contributed by atoms with E-state index < -0.39 is 0 Å². The van der Waals surface area contributed by atoms with Gasteiger partial charge in [0.25, 0.3) is 0 Å². The molecule has 0 fully saturated rings. The Kier molecular flexibility index (Phi) is 3.81. The molecule has 0 amide bonds. The van der Waals surface area contributed by atoms with Crippen molar-refractivity contribution in [2.75, 3.05) is 7.11 Å². The highest BCUT2D eigenvalue weighted by Crippen LogP contribution is 2.37.